The Morgan fingerprint density at radius 3 is 2.57 bits per heavy atom. The van der Waals surface area contributed by atoms with Crippen LogP contribution in [-0.2, 0) is 14.3 Å². The zero-order valence-electron chi connectivity index (χ0n) is 25.8. The van der Waals surface area contributed by atoms with E-state index >= 15 is 0 Å². The van der Waals surface area contributed by atoms with Gasteiger partial charge in [-0.1, -0.05) is 55.1 Å². The fourth-order valence-corrected chi connectivity index (χ4v) is 8.18. The van der Waals surface area contributed by atoms with Crippen LogP contribution < -0.4 is 4.74 Å². The molecule has 2 amide bonds. The van der Waals surface area contributed by atoms with Gasteiger partial charge < -0.3 is 14.6 Å². The summed E-state index contributed by atoms with van der Waals surface area (Å²) in [6.07, 6.45) is 10.5. The Morgan fingerprint density at radius 1 is 1.00 bits per heavy atom. The molecular formula is C38H39ClN2O5. The minimum Gasteiger partial charge on any atom is -0.508 e. The lowest BCUT2D eigenvalue weighted by Crippen LogP contribution is -2.42. The third kappa shape index (κ3) is 6.10. The molecule has 2 aliphatic heterocycles. The molecule has 0 spiro atoms. The van der Waals surface area contributed by atoms with E-state index in [9.17, 15) is 14.7 Å². The minimum atomic E-state index is -0.378. The number of pyridine rings is 1. The van der Waals surface area contributed by atoms with Gasteiger partial charge in [-0.05, 0) is 103 Å². The van der Waals surface area contributed by atoms with Gasteiger partial charge in [0.15, 0.2) is 0 Å². The first-order valence-electron chi connectivity index (χ1n) is 16.5. The van der Waals surface area contributed by atoms with Crippen molar-refractivity contribution in [3.8, 4) is 11.5 Å². The number of ether oxygens (including phenoxy) is 2. The molecule has 2 aliphatic carbocycles. The van der Waals surface area contributed by atoms with Gasteiger partial charge in [0.25, 0.3) is 0 Å². The van der Waals surface area contributed by atoms with Crippen molar-refractivity contribution in [3.05, 3.63) is 100 Å². The van der Waals surface area contributed by atoms with Crippen molar-refractivity contribution in [2.75, 3.05) is 13.2 Å². The van der Waals surface area contributed by atoms with Crippen LogP contribution in [0.4, 0.5) is 0 Å². The minimum absolute atomic E-state index is 0.00670. The predicted octanol–water partition coefficient (Wildman–Crippen LogP) is 7.49. The van der Waals surface area contributed by atoms with E-state index in [2.05, 4.69) is 4.98 Å². The topological polar surface area (TPSA) is 89.0 Å². The van der Waals surface area contributed by atoms with Gasteiger partial charge in [-0.15, -0.1) is 0 Å². The number of allylic oxidation sites excluding steroid dienone is 1. The number of hydrogen-bond acceptors (Lipinski definition) is 6. The molecule has 46 heavy (non-hydrogen) atoms. The van der Waals surface area contributed by atoms with Crippen molar-refractivity contribution in [3.63, 3.8) is 0 Å². The zero-order valence-corrected chi connectivity index (χ0v) is 26.6. The van der Waals surface area contributed by atoms with Crippen molar-refractivity contribution in [1.82, 2.24) is 9.88 Å². The molecule has 7 nitrogen and oxygen atoms in total. The molecule has 3 fully saturated rings. The Kier molecular flexibility index (Phi) is 8.96. The molecule has 0 bridgehead atoms. The number of imide groups is 1. The first kappa shape index (κ1) is 30.7. The largest absolute Gasteiger partial charge is 0.508 e. The van der Waals surface area contributed by atoms with E-state index in [1.807, 2.05) is 54.6 Å². The molecule has 3 aromatic rings. The van der Waals surface area contributed by atoms with Crippen LogP contribution >= 0.6 is 11.6 Å². The molecule has 1 aromatic heterocycles. The molecule has 4 atom stereocenters. The van der Waals surface area contributed by atoms with E-state index in [0.717, 1.165) is 65.8 Å². The molecule has 1 N–H and O–H groups in total. The second-order valence-electron chi connectivity index (χ2n) is 12.9. The molecule has 0 radical (unpaired) electrons. The number of nitrogens with zero attached hydrogens (tertiary/aromatic N) is 2. The number of carbonyl (C=O) groups is 2. The van der Waals surface area contributed by atoms with Crippen LogP contribution in [-0.4, -0.2) is 52.2 Å². The summed E-state index contributed by atoms with van der Waals surface area (Å²) in [5, 5.41) is 10.3. The maximum atomic E-state index is 14.0. The predicted molar refractivity (Wildman–Crippen MR) is 177 cm³/mol. The monoisotopic (exact) mass is 638 g/mol. The van der Waals surface area contributed by atoms with Crippen LogP contribution in [0, 0.1) is 17.8 Å². The summed E-state index contributed by atoms with van der Waals surface area (Å²) in [4.78, 5) is 34.2. The third-order valence-electron chi connectivity index (χ3n) is 10.1. The number of amides is 2. The van der Waals surface area contributed by atoms with Crippen LogP contribution in [0.5, 0.6) is 11.5 Å². The summed E-state index contributed by atoms with van der Waals surface area (Å²) in [6.45, 7) is 0.774. The average Bonchev–Trinajstić information content (AvgIpc) is 3.62. The van der Waals surface area contributed by atoms with Gasteiger partial charge >= 0.3 is 0 Å². The Labute approximate surface area is 274 Å². The van der Waals surface area contributed by atoms with E-state index < -0.39 is 0 Å². The zero-order chi connectivity index (χ0) is 31.6. The number of phenolic OH excluding ortho intramolecular Hbond substituents is 1. The number of fused-ring (bicyclic) bond motifs is 3. The number of rotatable bonds is 9. The van der Waals surface area contributed by atoms with Crippen LogP contribution in [0.1, 0.15) is 62.6 Å². The maximum Gasteiger partial charge on any atom is 0.234 e. The Morgan fingerprint density at radius 2 is 1.80 bits per heavy atom. The van der Waals surface area contributed by atoms with E-state index in [0.29, 0.717) is 37.5 Å². The normalized spacial score (nSPS) is 25.2. The quantitative estimate of drug-likeness (QED) is 0.193. The number of para-hydroxylation sites is 1. The number of likely N-dealkylation sites (tertiary alicyclic amines) is 1. The molecule has 4 aliphatic rings. The molecule has 2 aromatic carbocycles. The van der Waals surface area contributed by atoms with Crippen molar-refractivity contribution >= 4 is 35.1 Å². The average molecular weight is 639 g/mol. The lowest BCUT2D eigenvalue weighted by atomic mass is 9.69. The number of halogens is 1. The Balaban J connectivity index is 1.19. The van der Waals surface area contributed by atoms with Crippen LogP contribution in [0.15, 0.2) is 84.1 Å². The van der Waals surface area contributed by atoms with E-state index in [-0.39, 0.29) is 47.5 Å². The molecule has 1 saturated carbocycles. The highest BCUT2D eigenvalue weighted by Gasteiger charge is 2.58. The fraction of sp³-hybridized carbons (Fsp3) is 0.395. The van der Waals surface area contributed by atoms with E-state index in [4.69, 9.17) is 21.1 Å². The SMILES string of the molecule is O=C1[C@@H]2[C@@H](CC(COc3ccccc3)=C3[C@@H](CC/C(=C/c4ccc(O)cc4Cl)c4ccccn4)OC[C@@H]32)C(=O)N1C1CCCCC1. The summed E-state index contributed by atoms with van der Waals surface area (Å²) in [7, 11) is 0. The molecule has 2 saturated heterocycles. The molecule has 3 heterocycles. The van der Waals surface area contributed by atoms with Crippen molar-refractivity contribution in [2.24, 2.45) is 17.8 Å². The van der Waals surface area contributed by atoms with Crippen molar-refractivity contribution in [1.29, 1.82) is 0 Å². The number of aromatic hydroxyl groups is 1. The Hall–Kier alpha value is -3.94. The van der Waals surface area contributed by atoms with Gasteiger partial charge in [0.1, 0.15) is 18.1 Å². The number of benzene rings is 2. The molecule has 7 rings (SSSR count). The first-order chi connectivity index (χ1) is 22.5. The van der Waals surface area contributed by atoms with E-state index in [1.165, 1.54) is 6.07 Å². The third-order valence-corrected chi connectivity index (χ3v) is 10.4. The molecular weight excluding hydrogens is 600 g/mol. The molecule has 238 valence electrons. The number of carbonyl (C=O) groups excluding carboxylic acids is 2. The number of phenols is 1. The summed E-state index contributed by atoms with van der Waals surface area (Å²) >= 11 is 6.49. The van der Waals surface area contributed by atoms with Crippen molar-refractivity contribution < 1.29 is 24.2 Å². The highest BCUT2D eigenvalue weighted by Crippen LogP contribution is 2.51. The van der Waals surface area contributed by atoms with E-state index in [1.54, 1.807) is 23.2 Å². The summed E-state index contributed by atoms with van der Waals surface area (Å²) in [6, 6.07) is 20.5. The lowest BCUT2D eigenvalue weighted by molar-refractivity contribution is -0.143. The fourth-order valence-electron chi connectivity index (χ4n) is 7.95. The van der Waals surface area contributed by atoms with Crippen LogP contribution in [0.3, 0.4) is 0 Å². The Bertz CT molecular complexity index is 1650. The standard InChI is InChI=1S/C38H39ClN2O5/c39-32-21-28(42)16-14-24(32)19-25(33-13-7-8-18-40-33)15-17-34-35-26(22-45-29-11-5-2-6-12-29)20-30-36(31(35)23-46-34)38(44)41(37(30)43)27-9-3-1-4-10-27/h2,5-8,11-14,16,18-19,21,27,30-31,34,36,42H,1,3-4,9-10,15,17,20,22-23H2/b25-19-/t30-,31+,34-,36-/m1/s1. The summed E-state index contributed by atoms with van der Waals surface area (Å²) in [5.41, 5.74) is 4.83. The van der Waals surface area contributed by atoms with Gasteiger partial charge in [0.05, 0.1) is 35.3 Å². The number of aromatic nitrogens is 1. The van der Waals surface area contributed by atoms with Crippen LogP contribution in [0.2, 0.25) is 5.02 Å². The van der Waals surface area contributed by atoms with Gasteiger partial charge in [-0.25, -0.2) is 0 Å². The highest BCUT2D eigenvalue weighted by atomic mass is 35.5. The lowest BCUT2D eigenvalue weighted by Gasteiger charge is -2.32. The van der Waals surface area contributed by atoms with Gasteiger partial charge in [0, 0.05) is 18.2 Å². The number of hydrogen-bond donors (Lipinski definition) is 1. The second kappa shape index (κ2) is 13.4. The summed E-state index contributed by atoms with van der Waals surface area (Å²) in [5.74, 6) is -0.00949. The summed E-state index contributed by atoms with van der Waals surface area (Å²) < 4.78 is 12.8. The second-order valence-corrected chi connectivity index (χ2v) is 13.3. The van der Waals surface area contributed by atoms with Gasteiger partial charge in [-0.3, -0.25) is 19.5 Å². The highest BCUT2D eigenvalue weighted by molar-refractivity contribution is 6.32. The maximum absolute atomic E-state index is 14.0. The smallest absolute Gasteiger partial charge is 0.234 e. The van der Waals surface area contributed by atoms with Crippen LogP contribution in [0.25, 0.3) is 11.6 Å². The van der Waals surface area contributed by atoms with Gasteiger partial charge in [0.2, 0.25) is 11.8 Å². The van der Waals surface area contributed by atoms with Crippen molar-refractivity contribution in [2.45, 2.75) is 63.5 Å². The molecule has 0 unspecified atom stereocenters. The van der Waals surface area contributed by atoms with Gasteiger partial charge in [-0.2, -0.15) is 0 Å². The first-order valence-corrected chi connectivity index (χ1v) is 16.8. The molecule has 8 heteroatoms.